The fraction of sp³-hybridized carbons (Fsp3) is 0.267. The highest BCUT2D eigenvalue weighted by Crippen LogP contribution is 2.31. The van der Waals surface area contributed by atoms with E-state index in [2.05, 4.69) is 10.3 Å². The number of benzene rings is 1. The summed E-state index contributed by atoms with van der Waals surface area (Å²) in [5, 5.41) is 3.33. The van der Waals surface area contributed by atoms with Crippen molar-refractivity contribution in [2.24, 2.45) is 0 Å². The van der Waals surface area contributed by atoms with E-state index in [0.29, 0.717) is 24.6 Å². The second-order valence-corrected chi connectivity index (χ2v) is 4.50. The number of rotatable bonds is 1. The maximum atomic E-state index is 13.9. The molecule has 2 aromatic rings. The molecule has 0 amide bonds. The zero-order valence-corrected chi connectivity index (χ0v) is 10.5. The van der Waals surface area contributed by atoms with Crippen LogP contribution in [0.5, 0.6) is 5.88 Å². The lowest BCUT2D eigenvalue weighted by molar-refractivity contribution is 0.284. The van der Waals surface area contributed by atoms with E-state index in [1.807, 2.05) is 12.1 Å². The standard InChI is InChI=1S/C15H15FN2O/c16-14-5-2-1-4-12(14)11-6-8-18-15-13(11)10-17-7-3-9-19-15/h1-2,4-6,8,17H,3,7,9-10H2. The largest absolute Gasteiger partial charge is 0.477 e. The van der Waals surface area contributed by atoms with E-state index in [1.54, 1.807) is 18.3 Å². The first-order valence-electron chi connectivity index (χ1n) is 6.42. The molecule has 1 aromatic heterocycles. The molecule has 2 heterocycles. The number of nitrogens with zero attached hydrogens (tertiary/aromatic N) is 1. The normalized spacial score (nSPS) is 15.0. The molecule has 0 aliphatic carbocycles. The van der Waals surface area contributed by atoms with Gasteiger partial charge in [-0.1, -0.05) is 18.2 Å². The lowest BCUT2D eigenvalue weighted by Gasteiger charge is -2.18. The van der Waals surface area contributed by atoms with E-state index in [0.717, 1.165) is 24.1 Å². The lowest BCUT2D eigenvalue weighted by Crippen LogP contribution is -2.22. The van der Waals surface area contributed by atoms with Crippen molar-refractivity contribution in [1.29, 1.82) is 0 Å². The molecular formula is C15H15FN2O. The molecule has 1 aromatic carbocycles. The molecule has 0 saturated heterocycles. The van der Waals surface area contributed by atoms with Gasteiger partial charge in [0.25, 0.3) is 0 Å². The first kappa shape index (κ1) is 12.1. The van der Waals surface area contributed by atoms with Crippen LogP contribution in [0.25, 0.3) is 11.1 Å². The van der Waals surface area contributed by atoms with Crippen molar-refractivity contribution in [1.82, 2.24) is 10.3 Å². The summed E-state index contributed by atoms with van der Waals surface area (Å²) in [6.45, 7) is 2.17. The monoisotopic (exact) mass is 258 g/mol. The minimum Gasteiger partial charge on any atom is -0.477 e. The van der Waals surface area contributed by atoms with Crippen molar-refractivity contribution in [3.05, 3.63) is 47.9 Å². The van der Waals surface area contributed by atoms with Gasteiger partial charge in [-0.25, -0.2) is 9.37 Å². The molecule has 3 rings (SSSR count). The summed E-state index contributed by atoms with van der Waals surface area (Å²) < 4.78 is 19.6. The predicted octanol–water partition coefficient (Wildman–Crippen LogP) is 2.76. The quantitative estimate of drug-likeness (QED) is 0.854. The smallest absolute Gasteiger partial charge is 0.218 e. The Labute approximate surface area is 111 Å². The van der Waals surface area contributed by atoms with Gasteiger partial charge in [-0.2, -0.15) is 0 Å². The van der Waals surface area contributed by atoms with Gasteiger partial charge in [0, 0.05) is 23.9 Å². The molecular weight excluding hydrogens is 243 g/mol. The Kier molecular flexibility index (Phi) is 3.42. The summed E-state index contributed by atoms with van der Waals surface area (Å²) in [7, 11) is 0. The van der Waals surface area contributed by atoms with Gasteiger partial charge in [0.1, 0.15) is 5.82 Å². The highest BCUT2D eigenvalue weighted by molar-refractivity contribution is 5.69. The molecule has 0 atom stereocenters. The van der Waals surface area contributed by atoms with Crippen LogP contribution in [0.15, 0.2) is 36.5 Å². The highest BCUT2D eigenvalue weighted by Gasteiger charge is 2.16. The average Bonchev–Trinajstić information content (AvgIpc) is 2.40. The Balaban J connectivity index is 2.11. The molecule has 0 bridgehead atoms. The van der Waals surface area contributed by atoms with Crippen LogP contribution >= 0.6 is 0 Å². The molecule has 1 N–H and O–H groups in total. The van der Waals surface area contributed by atoms with Gasteiger partial charge in [-0.05, 0) is 30.7 Å². The van der Waals surface area contributed by atoms with Gasteiger partial charge in [0.05, 0.1) is 6.61 Å². The van der Waals surface area contributed by atoms with Crippen molar-refractivity contribution in [2.45, 2.75) is 13.0 Å². The summed E-state index contributed by atoms with van der Waals surface area (Å²) in [5.74, 6) is 0.380. The fourth-order valence-electron chi connectivity index (χ4n) is 2.28. The number of nitrogens with one attached hydrogen (secondary N) is 1. The van der Waals surface area contributed by atoms with Gasteiger partial charge < -0.3 is 10.1 Å². The van der Waals surface area contributed by atoms with E-state index < -0.39 is 0 Å². The Morgan fingerprint density at radius 2 is 2.05 bits per heavy atom. The van der Waals surface area contributed by atoms with E-state index in [1.165, 1.54) is 6.07 Å². The molecule has 1 aliphatic rings. The topological polar surface area (TPSA) is 34.2 Å². The second kappa shape index (κ2) is 5.36. The van der Waals surface area contributed by atoms with E-state index in [-0.39, 0.29) is 5.82 Å². The van der Waals surface area contributed by atoms with Crippen molar-refractivity contribution >= 4 is 0 Å². The van der Waals surface area contributed by atoms with Crippen LogP contribution in [-0.2, 0) is 6.54 Å². The molecule has 1 aliphatic heterocycles. The number of aromatic nitrogens is 1. The van der Waals surface area contributed by atoms with Gasteiger partial charge in [-0.15, -0.1) is 0 Å². The minimum absolute atomic E-state index is 0.224. The second-order valence-electron chi connectivity index (χ2n) is 4.50. The van der Waals surface area contributed by atoms with Crippen molar-refractivity contribution in [3.8, 4) is 17.0 Å². The van der Waals surface area contributed by atoms with Crippen LogP contribution in [0.1, 0.15) is 12.0 Å². The average molecular weight is 258 g/mol. The van der Waals surface area contributed by atoms with Gasteiger partial charge in [0.2, 0.25) is 5.88 Å². The van der Waals surface area contributed by atoms with E-state index in [4.69, 9.17) is 4.74 Å². The zero-order chi connectivity index (χ0) is 13.1. The number of halogens is 1. The van der Waals surface area contributed by atoms with Crippen LogP contribution in [0.3, 0.4) is 0 Å². The summed E-state index contributed by atoms with van der Waals surface area (Å²) in [5.41, 5.74) is 2.36. The Bertz CT molecular complexity index is 586. The van der Waals surface area contributed by atoms with Crippen LogP contribution in [0, 0.1) is 5.82 Å². The fourth-order valence-corrected chi connectivity index (χ4v) is 2.28. The number of pyridine rings is 1. The van der Waals surface area contributed by atoms with Crippen molar-refractivity contribution in [2.75, 3.05) is 13.2 Å². The van der Waals surface area contributed by atoms with E-state index in [9.17, 15) is 4.39 Å². The van der Waals surface area contributed by atoms with Crippen LogP contribution in [-0.4, -0.2) is 18.1 Å². The molecule has 0 saturated carbocycles. The highest BCUT2D eigenvalue weighted by atomic mass is 19.1. The molecule has 4 heteroatoms. The van der Waals surface area contributed by atoms with Crippen LogP contribution in [0.2, 0.25) is 0 Å². The Morgan fingerprint density at radius 1 is 1.16 bits per heavy atom. The summed E-state index contributed by atoms with van der Waals surface area (Å²) in [6, 6.07) is 8.62. The SMILES string of the molecule is Fc1ccccc1-c1ccnc2c1CNCCCO2. The summed E-state index contributed by atoms with van der Waals surface area (Å²) in [6.07, 6.45) is 2.62. The third kappa shape index (κ3) is 2.44. The maximum Gasteiger partial charge on any atom is 0.218 e. The first-order chi connectivity index (χ1) is 9.36. The minimum atomic E-state index is -0.224. The molecule has 19 heavy (non-hydrogen) atoms. The zero-order valence-electron chi connectivity index (χ0n) is 10.5. The molecule has 0 spiro atoms. The summed E-state index contributed by atoms with van der Waals surface area (Å²) in [4.78, 5) is 4.25. The maximum absolute atomic E-state index is 13.9. The van der Waals surface area contributed by atoms with Crippen molar-refractivity contribution < 1.29 is 9.13 Å². The van der Waals surface area contributed by atoms with Crippen LogP contribution in [0.4, 0.5) is 4.39 Å². The molecule has 0 radical (unpaired) electrons. The van der Waals surface area contributed by atoms with Gasteiger partial charge in [-0.3, -0.25) is 0 Å². The lowest BCUT2D eigenvalue weighted by atomic mass is 10.0. The number of hydrogen-bond donors (Lipinski definition) is 1. The summed E-state index contributed by atoms with van der Waals surface area (Å²) >= 11 is 0. The van der Waals surface area contributed by atoms with Gasteiger partial charge >= 0.3 is 0 Å². The third-order valence-corrected chi connectivity index (χ3v) is 3.22. The molecule has 3 nitrogen and oxygen atoms in total. The van der Waals surface area contributed by atoms with Crippen molar-refractivity contribution in [3.63, 3.8) is 0 Å². The molecule has 0 fully saturated rings. The van der Waals surface area contributed by atoms with Crippen LogP contribution < -0.4 is 10.1 Å². The van der Waals surface area contributed by atoms with E-state index >= 15 is 0 Å². The number of fused-ring (bicyclic) bond motifs is 1. The number of hydrogen-bond acceptors (Lipinski definition) is 3. The predicted molar refractivity (Wildman–Crippen MR) is 71.4 cm³/mol. The number of ether oxygens (including phenoxy) is 1. The first-order valence-corrected chi connectivity index (χ1v) is 6.42. The third-order valence-electron chi connectivity index (χ3n) is 3.22. The Morgan fingerprint density at radius 3 is 2.95 bits per heavy atom. The Hall–Kier alpha value is -1.94. The molecule has 98 valence electrons. The van der Waals surface area contributed by atoms with Gasteiger partial charge in [0.15, 0.2) is 0 Å². The molecule has 0 unspecified atom stereocenters.